The van der Waals surface area contributed by atoms with Gasteiger partial charge in [0.1, 0.15) is 0 Å². The highest BCUT2D eigenvalue weighted by molar-refractivity contribution is 7.98. The lowest BCUT2D eigenvalue weighted by Crippen LogP contribution is -2.33. The van der Waals surface area contributed by atoms with E-state index in [2.05, 4.69) is 23.0 Å². The Labute approximate surface area is 99.8 Å². The number of anilines is 2. The lowest BCUT2D eigenvalue weighted by Gasteiger charge is -2.28. The van der Waals surface area contributed by atoms with E-state index in [1.54, 1.807) is 0 Å². The fraction of sp³-hybridized carbons (Fsp3) is 0.455. The molecule has 0 bridgehead atoms. The molecule has 1 aliphatic heterocycles. The largest absolute Gasteiger partial charge is 0.380 e. The van der Waals surface area contributed by atoms with Crippen molar-refractivity contribution < 1.29 is 0 Å². The van der Waals surface area contributed by atoms with Crippen molar-refractivity contribution in [2.24, 2.45) is 0 Å². The van der Waals surface area contributed by atoms with E-state index in [4.69, 9.17) is 11.6 Å². The third-order valence-corrected chi connectivity index (χ3v) is 3.53. The molecule has 1 aromatic rings. The van der Waals surface area contributed by atoms with E-state index in [-0.39, 0.29) is 0 Å². The highest BCUT2D eigenvalue weighted by Crippen LogP contribution is 2.33. The molecule has 15 heavy (non-hydrogen) atoms. The number of nitrogens with one attached hydrogen (secondary N) is 2. The maximum absolute atomic E-state index is 6.09. The summed E-state index contributed by atoms with van der Waals surface area (Å²) in [5, 5.41) is 7.69. The first kappa shape index (κ1) is 11.0. The molecule has 0 fully saturated rings. The predicted molar refractivity (Wildman–Crippen MR) is 70.4 cm³/mol. The molecule has 82 valence electrons. The van der Waals surface area contributed by atoms with E-state index < -0.39 is 0 Å². The van der Waals surface area contributed by atoms with Gasteiger partial charge in [0, 0.05) is 12.6 Å². The van der Waals surface area contributed by atoms with Crippen molar-refractivity contribution in [3.63, 3.8) is 0 Å². The molecule has 1 unspecified atom stereocenters. The maximum Gasteiger partial charge on any atom is 0.0766 e. The summed E-state index contributed by atoms with van der Waals surface area (Å²) in [4.78, 5) is 0. The van der Waals surface area contributed by atoms with Crippen LogP contribution in [0, 0.1) is 0 Å². The number of benzene rings is 1. The first-order valence-corrected chi connectivity index (χ1v) is 6.86. The van der Waals surface area contributed by atoms with Gasteiger partial charge in [0.05, 0.1) is 16.4 Å². The normalized spacial score (nSPS) is 18.9. The van der Waals surface area contributed by atoms with E-state index in [1.807, 2.05) is 23.9 Å². The van der Waals surface area contributed by atoms with Crippen LogP contribution in [0.5, 0.6) is 0 Å². The van der Waals surface area contributed by atoms with Crippen LogP contribution in [-0.4, -0.2) is 24.6 Å². The van der Waals surface area contributed by atoms with E-state index in [0.29, 0.717) is 6.04 Å². The van der Waals surface area contributed by atoms with Crippen LogP contribution in [0.1, 0.15) is 6.42 Å². The number of hydrogen-bond donors (Lipinski definition) is 2. The van der Waals surface area contributed by atoms with Crippen molar-refractivity contribution in [1.29, 1.82) is 0 Å². The van der Waals surface area contributed by atoms with Gasteiger partial charge in [0.25, 0.3) is 0 Å². The van der Waals surface area contributed by atoms with E-state index >= 15 is 0 Å². The van der Waals surface area contributed by atoms with E-state index in [9.17, 15) is 0 Å². The molecule has 2 nitrogen and oxygen atoms in total. The molecule has 0 radical (unpaired) electrons. The van der Waals surface area contributed by atoms with Crippen LogP contribution in [-0.2, 0) is 0 Å². The van der Waals surface area contributed by atoms with Crippen LogP contribution < -0.4 is 10.6 Å². The number of fused-ring (bicyclic) bond motifs is 1. The Morgan fingerprint density at radius 2 is 2.40 bits per heavy atom. The standard InChI is InChI=1S/C11H15ClN2S/c1-15-6-5-8-7-13-11-9(12)3-2-4-10(11)14-8/h2-4,8,13-14H,5-7H2,1H3. The van der Waals surface area contributed by atoms with Gasteiger partial charge in [0.2, 0.25) is 0 Å². The van der Waals surface area contributed by atoms with Crippen LogP contribution in [0.2, 0.25) is 5.02 Å². The second kappa shape index (κ2) is 4.99. The molecule has 0 saturated carbocycles. The molecule has 0 amide bonds. The molecule has 0 saturated heterocycles. The highest BCUT2D eigenvalue weighted by atomic mass is 35.5. The molecule has 1 aromatic carbocycles. The minimum absolute atomic E-state index is 0.517. The summed E-state index contributed by atoms with van der Waals surface area (Å²) in [6, 6.07) is 6.48. The zero-order chi connectivity index (χ0) is 10.7. The number of thioether (sulfide) groups is 1. The Morgan fingerprint density at radius 1 is 1.53 bits per heavy atom. The number of hydrogen-bond acceptors (Lipinski definition) is 3. The van der Waals surface area contributed by atoms with Gasteiger partial charge in [-0.3, -0.25) is 0 Å². The molecule has 0 aromatic heterocycles. The van der Waals surface area contributed by atoms with Gasteiger partial charge >= 0.3 is 0 Å². The summed E-state index contributed by atoms with van der Waals surface area (Å²) < 4.78 is 0. The molecule has 1 heterocycles. The summed E-state index contributed by atoms with van der Waals surface area (Å²) in [6.07, 6.45) is 3.32. The fourth-order valence-corrected chi connectivity index (χ4v) is 2.52. The monoisotopic (exact) mass is 242 g/mol. The number of rotatable bonds is 3. The van der Waals surface area contributed by atoms with Crippen LogP contribution in [0.4, 0.5) is 11.4 Å². The minimum Gasteiger partial charge on any atom is -0.380 e. The van der Waals surface area contributed by atoms with Gasteiger partial charge < -0.3 is 10.6 Å². The highest BCUT2D eigenvalue weighted by Gasteiger charge is 2.17. The predicted octanol–water partition coefficient (Wildman–Crippen LogP) is 3.30. The van der Waals surface area contributed by atoms with Crippen LogP contribution in [0.25, 0.3) is 0 Å². The van der Waals surface area contributed by atoms with Crippen molar-refractivity contribution in [1.82, 2.24) is 0 Å². The first-order chi connectivity index (χ1) is 7.31. The lowest BCUT2D eigenvalue weighted by atomic mass is 10.1. The van der Waals surface area contributed by atoms with Crippen molar-refractivity contribution in [2.75, 3.05) is 29.2 Å². The average Bonchev–Trinajstić information content (AvgIpc) is 2.26. The van der Waals surface area contributed by atoms with Gasteiger partial charge in [0.15, 0.2) is 0 Å². The SMILES string of the molecule is CSCCC1CNc2c(Cl)cccc2N1. The van der Waals surface area contributed by atoms with Crippen molar-refractivity contribution in [3.8, 4) is 0 Å². The van der Waals surface area contributed by atoms with Crippen LogP contribution in [0.15, 0.2) is 18.2 Å². The first-order valence-electron chi connectivity index (χ1n) is 5.09. The quantitative estimate of drug-likeness (QED) is 0.851. The van der Waals surface area contributed by atoms with E-state index in [1.165, 1.54) is 12.2 Å². The second-order valence-corrected chi connectivity index (χ2v) is 5.06. The van der Waals surface area contributed by atoms with Crippen LogP contribution >= 0.6 is 23.4 Å². The van der Waals surface area contributed by atoms with Crippen molar-refractivity contribution >= 4 is 34.7 Å². The topological polar surface area (TPSA) is 24.1 Å². The molecular weight excluding hydrogens is 228 g/mol. The minimum atomic E-state index is 0.517. The summed E-state index contributed by atoms with van der Waals surface area (Å²) in [6.45, 7) is 0.956. The molecule has 1 atom stereocenters. The summed E-state index contributed by atoms with van der Waals surface area (Å²) >= 11 is 7.97. The average molecular weight is 243 g/mol. The summed E-state index contributed by atoms with van der Waals surface area (Å²) in [5.74, 6) is 1.19. The lowest BCUT2D eigenvalue weighted by molar-refractivity contribution is 0.720. The number of halogens is 1. The zero-order valence-corrected chi connectivity index (χ0v) is 10.3. The summed E-state index contributed by atoms with van der Waals surface area (Å²) in [5.41, 5.74) is 2.17. The van der Waals surface area contributed by atoms with Gasteiger partial charge in [-0.1, -0.05) is 17.7 Å². The van der Waals surface area contributed by atoms with Gasteiger partial charge in [-0.25, -0.2) is 0 Å². The molecule has 2 N–H and O–H groups in total. The Bertz CT molecular complexity index is 343. The van der Waals surface area contributed by atoms with Gasteiger partial charge in [-0.15, -0.1) is 0 Å². The van der Waals surface area contributed by atoms with Gasteiger partial charge in [-0.05, 0) is 30.6 Å². The number of para-hydroxylation sites is 1. The fourth-order valence-electron chi connectivity index (χ4n) is 1.75. The molecule has 1 aliphatic rings. The molecule has 0 spiro atoms. The van der Waals surface area contributed by atoms with Gasteiger partial charge in [-0.2, -0.15) is 11.8 Å². The zero-order valence-electron chi connectivity index (χ0n) is 8.72. The maximum atomic E-state index is 6.09. The molecule has 4 heteroatoms. The Kier molecular flexibility index (Phi) is 3.65. The molecular formula is C11H15ClN2S. The summed E-state index contributed by atoms with van der Waals surface area (Å²) in [7, 11) is 0. The Hall–Kier alpha value is -0.540. The molecule has 0 aliphatic carbocycles. The smallest absolute Gasteiger partial charge is 0.0766 e. The third kappa shape index (κ3) is 2.52. The van der Waals surface area contributed by atoms with Crippen molar-refractivity contribution in [2.45, 2.75) is 12.5 Å². The van der Waals surface area contributed by atoms with Crippen molar-refractivity contribution in [3.05, 3.63) is 23.2 Å². The Balaban J connectivity index is 2.07. The third-order valence-electron chi connectivity index (χ3n) is 2.57. The van der Waals surface area contributed by atoms with Crippen LogP contribution in [0.3, 0.4) is 0 Å². The van der Waals surface area contributed by atoms with E-state index in [0.717, 1.165) is 22.9 Å². The second-order valence-electron chi connectivity index (χ2n) is 3.67. The molecule has 2 rings (SSSR count). The Morgan fingerprint density at radius 3 is 3.20 bits per heavy atom.